The van der Waals surface area contributed by atoms with E-state index in [1.807, 2.05) is 17.9 Å². The molecule has 16 heavy (non-hydrogen) atoms. The van der Waals surface area contributed by atoms with Gasteiger partial charge in [0, 0.05) is 24.3 Å². The highest BCUT2D eigenvalue weighted by atomic mass is 15.3. The zero-order valence-electron chi connectivity index (χ0n) is 11.2. The minimum absolute atomic E-state index is 0.404. The third-order valence-corrected chi connectivity index (χ3v) is 3.15. The molecule has 0 aliphatic heterocycles. The molecule has 1 atom stereocenters. The topological polar surface area (TPSA) is 29.9 Å². The van der Waals surface area contributed by atoms with Gasteiger partial charge >= 0.3 is 0 Å². The van der Waals surface area contributed by atoms with Crippen molar-refractivity contribution in [2.24, 2.45) is 13.0 Å². The standard InChI is InChI=1S/C13H25N3/c1-10(2)7-6-8-14-11(3)13-9-15-16(5)12(13)4/h9-11,14H,6-8H2,1-5H3. The number of nitrogens with zero attached hydrogens (tertiary/aromatic N) is 2. The summed E-state index contributed by atoms with van der Waals surface area (Å²) in [6.07, 6.45) is 4.52. The molecule has 0 saturated carbocycles. The highest BCUT2D eigenvalue weighted by Gasteiger charge is 2.10. The lowest BCUT2D eigenvalue weighted by atomic mass is 10.1. The van der Waals surface area contributed by atoms with Crippen molar-refractivity contribution in [2.75, 3.05) is 6.54 Å². The van der Waals surface area contributed by atoms with Crippen molar-refractivity contribution in [3.63, 3.8) is 0 Å². The summed E-state index contributed by atoms with van der Waals surface area (Å²) in [5.74, 6) is 0.803. The fraction of sp³-hybridized carbons (Fsp3) is 0.769. The van der Waals surface area contributed by atoms with E-state index < -0.39 is 0 Å². The van der Waals surface area contributed by atoms with Crippen molar-refractivity contribution in [1.29, 1.82) is 0 Å². The summed E-state index contributed by atoms with van der Waals surface area (Å²) < 4.78 is 1.93. The second kappa shape index (κ2) is 6.04. The first kappa shape index (κ1) is 13.2. The first-order valence-electron chi connectivity index (χ1n) is 6.24. The summed E-state index contributed by atoms with van der Waals surface area (Å²) in [5, 5.41) is 7.83. The van der Waals surface area contributed by atoms with Crippen LogP contribution < -0.4 is 5.32 Å². The van der Waals surface area contributed by atoms with Crippen molar-refractivity contribution < 1.29 is 0 Å². The molecule has 1 unspecified atom stereocenters. The fourth-order valence-corrected chi connectivity index (χ4v) is 1.88. The minimum Gasteiger partial charge on any atom is -0.310 e. The number of aryl methyl sites for hydroxylation is 1. The Morgan fingerprint density at radius 2 is 2.06 bits per heavy atom. The average Bonchev–Trinajstić information content (AvgIpc) is 2.54. The van der Waals surface area contributed by atoms with E-state index in [2.05, 4.69) is 38.1 Å². The van der Waals surface area contributed by atoms with E-state index in [4.69, 9.17) is 0 Å². The Kier molecular flexibility index (Phi) is 5.00. The maximum absolute atomic E-state index is 4.27. The zero-order valence-corrected chi connectivity index (χ0v) is 11.2. The SMILES string of the molecule is Cc1c(C(C)NCCCC(C)C)cnn1C. The molecule has 1 N–H and O–H groups in total. The maximum atomic E-state index is 4.27. The predicted molar refractivity (Wildman–Crippen MR) is 68.4 cm³/mol. The average molecular weight is 223 g/mol. The molecule has 92 valence electrons. The highest BCUT2D eigenvalue weighted by molar-refractivity contribution is 5.19. The quantitative estimate of drug-likeness (QED) is 0.752. The van der Waals surface area contributed by atoms with Crippen LogP contribution in [0.5, 0.6) is 0 Å². The number of hydrogen-bond donors (Lipinski definition) is 1. The number of aromatic nitrogens is 2. The summed E-state index contributed by atoms with van der Waals surface area (Å²) in [7, 11) is 1.99. The molecule has 3 heteroatoms. The van der Waals surface area contributed by atoms with E-state index in [9.17, 15) is 0 Å². The molecule has 0 bridgehead atoms. The van der Waals surface area contributed by atoms with Gasteiger partial charge in [-0.2, -0.15) is 5.10 Å². The molecular weight excluding hydrogens is 198 g/mol. The summed E-state index contributed by atoms with van der Waals surface area (Å²) in [5.41, 5.74) is 2.57. The van der Waals surface area contributed by atoms with Crippen LogP contribution >= 0.6 is 0 Å². The van der Waals surface area contributed by atoms with Crippen LogP contribution in [0.1, 0.15) is 50.9 Å². The van der Waals surface area contributed by atoms with Gasteiger partial charge in [-0.1, -0.05) is 13.8 Å². The van der Waals surface area contributed by atoms with Gasteiger partial charge in [-0.25, -0.2) is 0 Å². The summed E-state index contributed by atoms with van der Waals surface area (Å²) in [4.78, 5) is 0. The van der Waals surface area contributed by atoms with E-state index in [0.717, 1.165) is 12.5 Å². The third-order valence-electron chi connectivity index (χ3n) is 3.15. The van der Waals surface area contributed by atoms with Crippen molar-refractivity contribution in [3.05, 3.63) is 17.5 Å². The van der Waals surface area contributed by atoms with Crippen LogP contribution in [0, 0.1) is 12.8 Å². The predicted octanol–water partition coefficient (Wildman–Crippen LogP) is 2.82. The molecule has 3 nitrogen and oxygen atoms in total. The van der Waals surface area contributed by atoms with Crippen LogP contribution in [0.25, 0.3) is 0 Å². The lowest BCUT2D eigenvalue weighted by molar-refractivity contribution is 0.496. The Bertz CT molecular complexity index is 315. The van der Waals surface area contributed by atoms with E-state index >= 15 is 0 Å². The Hall–Kier alpha value is -0.830. The summed E-state index contributed by atoms with van der Waals surface area (Å²) in [6, 6.07) is 0.404. The molecule has 0 amide bonds. The Balaban J connectivity index is 2.35. The zero-order chi connectivity index (χ0) is 12.1. The van der Waals surface area contributed by atoms with E-state index in [-0.39, 0.29) is 0 Å². The van der Waals surface area contributed by atoms with Crippen LogP contribution in [0.2, 0.25) is 0 Å². The molecule has 0 saturated heterocycles. The normalized spacial score (nSPS) is 13.4. The van der Waals surface area contributed by atoms with Crippen LogP contribution in [0.3, 0.4) is 0 Å². The summed E-state index contributed by atoms with van der Waals surface area (Å²) in [6.45, 7) is 9.96. The lowest BCUT2D eigenvalue weighted by Gasteiger charge is -2.14. The number of rotatable bonds is 6. The van der Waals surface area contributed by atoms with E-state index in [1.165, 1.54) is 24.1 Å². The van der Waals surface area contributed by atoms with Gasteiger partial charge < -0.3 is 5.32 Å². The Labute approximate surface area is 99.2 Å². The molecular formula is C13H25N3. The Morgan fingerprint density at radius 3 is 2.56 bits per heavy atom. The molecule has 0 fully saturated rings. The second-order valence-corrected chi connectivity index (χ2v) is 5.02. The van der Waals surface area contributed by atoms with Crippen LogP contribution in [-0.2, 0) is 7.05 Å². The largest absolute Gasteiger partial charge is 0.310 e. The van der Waals surface area contributed by atoms with Crippen molar-refractivity contribution in [1.82, 2.24) is 15.1 Å². The summed E-state index contributed by atoms with van der Waals surface area (Å²) >= 11 is 0. The third kappa shape index (κ3) is 3.63. The first-order valence-corrected chi connectivity index (χ1v) is 6.24. The molecule has 1 rings (SSSR count). The molecule has 1 heterocycles. The van der Waals surface area contributed by atoms with Gasteiger partial charge in [0.1, 0.15) is 0 Å². The molecule has 0 spiro atoms. The molecule has 0 aromatic carbocycles. The monoisotopic (exact) mass is 223 g/mol. The molecule has 1 aromatic rings. The van der Waals surface area contributed by atoms with Crippen molar-refractivity contribution >= 4 is 0 Å². The molecule has 1 aromatic heterocycles. The maximum Gasteiger partial charge on any atom is 0.0540 e. The van der Waals surface area contributed by atoms with Gasteiger partial charge in [0.05, 0.1) is 6.20 Å². The molecule has 0 aliphatic carbocycles. The van der Waals surface area contributed by atoms with E-state index in [1.54, 1.807) is 0 Å². The first-order chi connectivity index (χ1) is 7.52. The second-order valence-electron chi connectivity index (χ2n) is 5.02. The van der Waals surface area contributed by atoms with Gasteiger partial charge in [-0.05, 0) is 39.2 Å². The number of nitrogens with one attached hydrogen (secondary N) is 1. The molecule has 0 aliphatic rings. The van der Waals surface area contributed by atoms with Gasteiger partial charge in [0.25, 0.3) is 0 Å². The lowest BCUT2D eigenvalue weighted by Crippen LogP contribution is -2.20. The Morgan fingerprint density at radius 1 is 1.38 bits per heavy atom. The van der Waals surface area contributed by atoms with Crippen LogP contribution in [0.4, 0.5) is 0 Å². The van der Waals surface area contributed by atoms with Crippen LogP contribution in [-0.4, -0.2) is 16.3 Å². The fourth-order valence-electron chi connectivity index (χ4n) is 1.88. The smallest absolute Gasteiger partial charge is 0.0540 e. The van der Waals surface area contributed by atoms with Gasteiger partial charge in [-0.15, -0.1) is 0 Å². The highest BCUT2D eigenvalue weighted by Crippen LogP contribution is 2.15. The van der Waals surface area contributed by atoms with Gasteiger partial charge in [0.15, 0.2) is 0 Å². The van der Waals surface area contributed by atoms with Gasteiger partial charge in [0.2, 0.25) is 0 Å². The van der Waals surface area contributed by atoms with Crippen molar-refractivity contribution in [2.45, 2.75) is 46.6 Å². The van der Waals surface area contributed by atoms with Gasteiger partial charge in [-0.3, -0.25) is 4.68 Å². The minimum atomic E-state index is 0.404. The number of hydrogen-bond acceptors (Lipinski definition) is 2. The van der Waals surface area contributed by atoms with E-state index in [0.29, 0.717) is 6.04 Å². The van der Waals surface area contributed by atoms with Crippen molar-refractivity contribution in [3.8, 4) is 0 Å². The molecule has 0 radical (unpaired) electrons. The van der Waals surface area contributed by atoms with Crippen LogP contribution in [0.15, 0.2) is 6.20 Å².